The lowest BCUT2D eigenvalue weighted by Gasteiger charge is -2.34. The number of hydrogen-bond donors (Lipinski definition) is 0. The molecule has 0 unspecified atom stereocenters. The van der Waals surface area contributed by atoms with Crippen molar-refractivity contribution >= 4 is 23.4 Å². The van der Waals surface area contributed by atoms with Crippen LogP contribution in [0.1, 0.15) is 23.3 Å². The number of piperazine rings is 1. The van der Waals surface area contributed by atoms with Crippen molar-refractivity contribution in [1.82, 2.24) is 19.6 Å². The monoisotopic (exact) mass is 424 g/mol. The normalized spacial score (nSPS) is 16.7. The van der Waals surface area contributed by atoms with Crippen molar-refractivity contribution < 1.29 is 14.0 Å². The van der Waals surface area contributed by atoms with Crippen LogP contribution in [0.3, 0.4) is 0 Å². The van der Waals surface area contributed by atoms with Gasteiger partial charge in [0.05, 0.1) is 12.0 Å². The molecule has 2 aromatic heterocycles. The molecule has 3 heterocycles. The zero-order valence-corrected chi connectivity index (χ0v) is 17.1. The molecule has 0 spiro atoms. The third-order valence-corrected chi connectivity index (χ3v) is 5.83. The minimum absolute atomic E-state index is 0.144. The number of hydrogen-bond acceptors (Lipinski definition) is 4. The average molecular weight is 425 g/mol. The number of amides is 2. The molecule has 0 atom stereocenters. The smallest absolute Gasteiger partial charge is 0.274 e. The minimum Gasteiger partial charge on any atom is -0.463 e. The summed E-state index contributed by atoms with van der Waals surface area (Å²) in [4.78, 5) is 29.0. The van der Waals surface area contributed by atoms with Gasteiger partial charge in [-0.25, -0.2) is 4.68 Å². The molecule has 8 heteroatoms. The van der Waals surface area contributed by atoms with Gasteiger partial charge in [0.25, 0.3) is 5.91 Å². The number of furan rings is 1. The van der Waals surface area contributed by atoms with Crippen LogP contribution in [0.5, 0.6) is 0 Å². The van der Waals surface area contributed by atoms with Crippen molar-refractivity contribution in [3.05, 3.63) is 59.4 Å². The molecule has 5 rings (SSSR count). The van der Waals surface area contributed by atoms with Gasteiger partial charge in [-0.05, 0) is 49.2 Å². The highest BCUT2D eigenvalue weighted by molar-refractivity contribution is 6.30. The molecule has 154 valence electrons. The van der Waals surface area contributed by atoms with Crippen LogP contribution in [0.2, 0.25) is 5.02 Å². The highest BCUT2D eigenvalue weighted by atomic mass is 35.5. The molecule has 30 heavy (non-hydrogen) atoms. The van der Waals surface area contributed by atoms with Crippen LogP contribution < -0.4 is 0 Å². The van der Waals surface area contributed by atoms with Gasteiger partial charge in [-0.2, -0.15) is 5.10 Å². The van der Waals surface area contributed by atoms with Crippen LogP contribution in [0.4, 0.5) is 0 Å². The van der Waals surface area contributed by atoms with E-state index in [9.17, 15) is 9.59 Å². The second-order valence-electron chi connectivity index (χ2n) is 7.67. The van der Waals surface area contributed by atoms with E-state index in [0.717, 1.165) is 18.5 Å². The van der Waals surface area contributed by atoms with Crippen LogP contribution in [0.15, 0.2) is 53.1 Å². The van der Waals surface area contributed by atoms with E-state index in [0.29, 0.717) is 48.3 Å². The Labute approximate surface area is 178 Å². The first-order valence-corrected chi connectivity index (χ1v) is 10.5. The van der Waals surface area contributed by atoms with Crippen molar-refractivity contribution in [2.75, 3.05) is 26.2 Å². The fourth-order valence-electron chi connectivity index (χ4n) is 3.74. The lowest BCUT2D eigenvalue weighted by Crippen LogP contribution is -2.51. The summed E-state index contributed by atoms with van der Waals surface area (Å²) in [7, 11) is 0. The quantitative estimate of drug-likeness (QED) is 0.642. The number of halogens is 1. The molecule has 1 aromatic carbocycles. The number of benzene rings is 1. The number of aromatic nitrogens is 2. The first-order chi connectivity index (χ1) is 14.6. The predicted molar refractivity (Wildman–Crippen MR) is 111 cm³/mol. The first kappa shape index (κ1) is 18.9. The van der Waals surface area contributed by atoms with E-state index in [4.69, 9.17) is 16.0 Å². The highest BCUT2D eigenvalue weighted by Crippen LogP contribution is 2.31. The van der Waals surface area contributed by atoms with Crippen molar-refractivity contribution in [2.24, 2.45) is 5.92 Å². The average Bonchev–Trinajstić information content (AvgIpc) is 3.30. The molecule has 3 aromatic rings. The molecule has 2 fully saturated rings. The van der Waals surface area contributed by atoms with E-state index in [1.165, 1.54) is 0 Å². The van der Waals surface area contributed by atoms with Gasteiger partial charge >= 0.3 is 0 Å². The van der Waals surface area contributed by atoms with Gasteiger partial charge in [-0.1, -0.05) is 11.6 Å². The standard InChI is InChI=1S/C22H21ClN4O3/c23-16-5-7-17(8-6-16)27-19(20-2-1-13-30-20)14-18(24-27)22(29)26-11-9-25(10-12-26)21(28)15-3-4-15/h1-2,5-8,13-15H,3-4,9-12H2. The number of nitrogens with zero attached hydrogens (tertiary/aromatic N) is 4. The Morgan fingerprint density at radius 1 is 1.00 bits per heavy atom. The molecule has 1 saturated carbocycles. The Hall–Kier alpha value is -3.06. The fraction of sp³-hybridized carbons (Fsp3) is 0.318. The summed E-state index contributed by atoms with van der Waals surface area (Å²) in [6.45, 7) is 2.18. The third-order valence-electron chi connectivity index (χ3n) is 5.58. The molecule has 0 N–H and O–H groups in total. The van der Waals surface area contributed by atoms with Gasteiger partial charge in [0, 0.05) is 43.2 Å². The largest absolute Gasteiger partial charge is 0.463 e. The summed E-state index contributed by atoms with van der Waals surface area (Å²) in [5, 5.41) is 5.20. The lowest BCUT2D eigenvalue weighted by atomic mass is 10.2. The third kappa shape index (κ3) is 3.61. The van der Waals surface area contributed by atoms with Crippen molar-refractivity contribution in [1.29, 1.82) is 0 Å². The van der Waals surface area contributed by atoms with E-state index in [-0.39, 0.29) is 17.7 Å². The fourth-order valence-corrected chi connectivity index (χ4v) is 3.87. The van der Waals surface area contributed by atoms with Crippen LogP contribution in [0, 0.1) is 5.92 Å². The second-order valence-corrected chi connectivity index (χ2v) is 8.11. The zero-order valence-electron chi connectivity index (χ0n) is 16.3. The highest BCUT2D eigenvalue weighted by Gasteiger charge is 2.35. The Morgan fingerprint density at radius 2 is 1.70 bits per heavy atom. The molecule has 0 radical (unpaired) electrons. The molecule has 0 bridgehead atoms. The second kappa shape index (κ2) is 7.65. The number of rotatable bonds is 4. The summed E-state index contributed by atoms with van der Waals surface area (Å²) in [5.74, 6) is 0.915. The number of carbonyl (C=O) groups excluding carboxylic acids is 2. The summed E-state index contributed by atoms with van der Waals surface area (Å²) in [6, 6.07) is 12.6. The molecule has 2 amide bonds. The van der Waals surface area contributed by atoms with Gasteiger partial charge in [-0.3, -0.25) is 9.59 Å². The molecule has 7 nitrogen and oxygen atoms in total. The SMILES string of the molecule is O=C(c1cc(-c2ccco2)n(-c2ccc(Cl)cc2)n1)N1CCN(C(=O)C2CC2)CC1. The van der Waals surface area contributed by atoms with E-state index >= 15 is 0 Å². The molecular weight excluding hydrogens is 404 g/mol. The first-order valence-electron chi connectivity index (χ1n) is 10.1. The maximum absolute atomic E-state index is 13.1. The summed E-state index contributed by atoms with van der Waals surface area (Å²) >= 11 is 6.02. The van der Waals surface area contributed by atoms with Gasteiger partial charge in [0.15, 0.2) is 11.5 Å². The van der Waals surface area contributed by atoms with Gasteiger partial charge in [-0.15, -0.1) is 0 Å². The summed E-state index contributed by atoms with van der Waals surface area (Å²) in [6.07, 6.45) is 3.58. The molecule has 1 aliphatic heterocycles. The van der Waals surface area contributed by atoms with Crippen molar-refractivity contribution in [3.63, 3.8) is 0 Å². The minimum atomic E-state index is -0.144. The van der Waals surface area contributed by atoms with Crippen LogP contribution in [-0.4, -0.2) is 57.6 Å². The summed E-state index contributed by atoms with van der Waals surface area (Å²) < 4.78 is 7.25. The maximum Gasteiger partial charge on any atom is 0.274 e. The van der Waals surface area contributed by atoms with Gasteiger partial charge in [0.1, 0.15) is 5.69 Å². The lowest BCUT2D eigenvalue weighted by molar-refractivity contribution is -0.134. The van der Waals surface area contributed by atoms with Crippen molar-refractivity contribution in [2.45, 2.75) is 12.8 Å². The Bertz CT molecular complexity index is 1060. The van der Waals surface area contributed by atoms with Crippen LogP contribution >= 0.6 is 11.6 Å². The molecular formula is C22H21ClN4O3. The van der Waals surface area contributed by atoms with E-state index in [2.05, 4.69) is 5.10 Å². The molecule has 1 aliphatic carbocycles. The predicted octanol–water partition coefficient (Wildman–Crippen LogP) is 3.48. The maximum atomic E-state index is 13.1. The van der Waals surface area contributed by atoms with Gasteiger partial charge < -0.3 is 14.2 Å². The Kier molecular flexibility index (Phi) is 4.83. The zero-order chi connectivity index (χ0) is 20.7. The van der Waals surface area contributed by atoms with E-state index < -0.39 is 0 Å². The Morgan fingerprint density at radius 3 is 2.33 bits per heavy atom. The van der Waals surface area contributed by atoms with E-state index in [1.807, 2.05) is 23.1 Å². The van der Waals surface area contributed by atoms with Gasteiger partial charge in [0.2, 0.25) is 5.91 Å². The van der Waals surface area contributed by atoms with Crippen LogP contribution in [0.25, 0.3) is 17.1 Å². The molecule has 2 aliphatic rings. The molecule has 1 saturated heterocycles. The summed E-state index contributed by atoms with van der Waals surface area (Å²) in [5.41, 5.74) is 1.82. The number of carbonyl (C=O) groups is 2. The van der Waals surface area contributed by atoms with Crippen molar-refractivity contribution in [3.8, 4) is 17.1 Å². The van der Waals surface area contributed by atoms with E-state index in [1.54, 1.807) is 40.1 Å². The van der Waals surface area contributed by atoms with Crippen LogP contribution in [-0.2, 0) is 4.79 Å². The Balaban J connectivity index is 1.39. The topological polar surface area (TPSA) is 71.6 Å².